The van der Waals surface area contributed by atoms with Gasteiger partial charge < -0.3 is 4.90 Å². The Kier molecular flexibility index (Phi) is 4.69. The third-order valence-corrected chi connectivity index (χ3v) is 6.33. The molecule has 166 valence electrons. The van der Waals surface area contributed by atoms with Crippen molar-refractivity contribution < 1.29 is 4.79 Å². The SMILES string of the molecule is Cn1c(=O)n([C@H]2CCCN(C(=O)C(C)(C)C)C2)c2nc(-c3cnn4ccccc34)ccc21. The Morgan fingerprint density at radius 2 is 1.94 bits per heavy atom. The maximum absolute atomic E-state index is 13.2. The first-order chi connectivity index (χ1) is 15.3. The molecule has 0 aliphatic carbocycles. The first-order valence-corrected chi connectivity index (χ1v) is 11.1. The summed E-state index contributed by atoms with van der Waals surface area (Å²) in [5.41, 5.74) is 3.55. The van der Waals surface area contributed by atoms with E-state index in [9.17, 15) is 9.59 Å². The Balaban J connectivity index is 1.60. The highest BCUT2D eigenvalue weighted by atomic mass is 16.2. The van der Waals surface area contributed by atoms with E-state index in [2.05, 4.69) is 5.10 Å². The Morgan fingerprint density at radius 1 is 1.12 bits per heavy atom. The van der Waals surface area contributed by atoms with Gasteiger partial charge in [0.25, 0.3) is 0 Å². The lowest BCUT2D eigenvalue weighted by molar-refractivity contribution is -0.141. The average molecular weight is 433 g/mol. The van der Waals surface area contributed by atoms with Gasteiger partial charge >= 0.3 is 5.69 Å². The maximum atomic E-state index is 13.2. The van der Waals surface area contributed by atoms with Crippen LogP contribution in [0.15, 0.2) is 47.5 Å². The lowest BCUT2D eigenvalue weighted by Crippen LogP contribution is -2.47. The van der Waals surface area contributed by atoms with E-state index in [1.165, 1.54) is 0 Å². The predicted molar refractivity (Wildman–Crippen MR) is 123 cm³/mol. The number of imidazole rings is 1. The lowest BCUT2D eigenvalue weighted by Gasteiger charge is -2.36. The van der Waals surface area contributed by atoms with Crippen LogP contribution >= 0.6 is 0 Å². The highest BCUT2D eigenvalue weighted by Gasteiger charge is 2.33. The van der Waals surface area contributed by atoms with Crippen LogP contribution in [0.5, 0.6) is 0 Å². The van der Waals surface area contributed by atoms with Crippen LogP contribution in [0.4, 0.5) is 0 Å². The predicted octanol–water partition coefficient (Wildman–Crippen LogP) is 3.26. The van der Waals surface area contributed by atoms with Crippen molar-refractivity contribution in [3.63, 3.8) is 0 Å². The molecule has 0 radical (unpaired) electrons. The number of aromatic nitrogens is 5. The minimum Gasteiger partial charge on any atom is -0.340 e. The fourth-order valence-electron chi connectivity index (χ4n) is 4.67. The number of aryl methyl sites for hydroxylation is 1. The summed E-state index contributed by atoms with van der Waals surface area (Å²) in [5.74, 6) is 0.121. The number of hydrogen-bond acceptors (Lipinski definition) is 4. The Hall–Kier alpha value is -3.42. The summed E-state index contributed by atoms with van der Waals surface area (Å²) in [5, 5.41) is 4.42. The minimum absolute atomic E-state index is 0.0976. The summed E-state index contributed by atoms with van der Waals surface area (Å²) in [4.78, 5) is 33.0. The standard InChI is InChI=1S/C24H28N6O2/c1-24(2,3)22(31)28-12-7-8-16(15-28)30-21-20(27(4)23(30)32)11-10-18(26-21)17-14-25-29-13-6-5-9-19(17)29/h5-6,9-11,13-14,16H,7-8,12,15H2,1-4H3/t16-/m0/s1. The van der Waals surface area contributed by atoms with Crippen molar-refractivity contribution in [2.24, 2.45) is 12.5 Å². The van der Waals surface area contributed by atoms with Crippen LogP contribution < -0.4 is 5.69 Å². The number of carbonyl (C=O) groups is 1. The van der Waals surface area contributed by atoms with Crippen molar-refractivity contribution in [1.29, 1.82) is 0 Å². The van der Waals surface area contributed by atoms with Crippen LogP contribution in [0, 0.1) is 5.41 Å². The number of hydrogen-bond donors (Lipinski definition) is 0. The van der Waals surface area contributed by atoms with Gasteiger partial charge in [-0.05, 0) is 37.1 Å². The molecule has 1 saturated heterocycles. The van der Waals surface area contributed by atoms with Gasteiger partial charge in [0.05, 0.1) is 29.0 Å². The number of likely N-dealkylation sites (tertiary alicyclic amines) is 1. The molecular formula is C24H28N6O2. The minimum atomic E-state index is -0.444. The van der Waals surface area contributed by atoms with Crippen LogP contribution in [0.25, 0.3) is 27.9 Å². The van der Waals surface area contributed by atoms with Gasteiger partial charge in [0.1, 0.15) is 0 Å². The zero-order valence-electron chi connectivity index (χ0n) is 18.9. The molecule has 1 aliphatic heterocycles. The topological polar surface area (TPSA) is 77.4 Å². The summed E-state index contributed by atoms with van der Waals surface area (Å²) in [7, 11) is 1.78. The summed E-state index contributed by atoms with van der Waals surface area (Å²) in [6.07, 6.45) is 5.41. The number of amides is 1. The van der Waals surface area contributed by atoms with E-state index in [1.807, 2.05) is 66.7 Å². The highest BCUT2D eigenvalue weighted by Crippen LogP contribution is 2.29. The number of fused-ring (bicyclic) bond motifs is 2. The highest BCUT2D eigenvalue weighted by molar-refractivity contribution is 5.83. The molecule has 4 aromatic rings. The van der Waals surface area contributed by atoms with Crippen molar-refractivity contribution in [2.75, 3.05) is 13.1 Å². The molecule has 8 nitrogen and oxygen atoms in total. The fourth-order valence-corrected chi connectivity index (χ4v) is 4.67. The third kappa shape index (κ3) is 3.21. The molecule has 4 aromatic heterocycles. The van der Waals surface area contributed by atoms with E-state index in [4.69, 9.17) is 4.98 Å². The van der Waals surface area contributed by atoms with Gasteiger partial charge in [-0.25, -0.2) is 14.3 Å². The monoisotopic (exact) mass is 432 g/mol. The first-order valence-electron chi connectivity index (χ1n) is 11.1. The Morgan fingerprint density at radius 3 is 2.72 bits per heavy atom. The van der Waals surface area contributed by atoms with E-state index in [0.717, 1.165) is 41.7 Å². The molecule has 8 heteroatoms. The number of rotatable bonds is 2. The van der Waals surface area contributed by atoms with Crippen LogP contribution in [-0.2, 0) is 11.8 Å². The van der Waals surface area contributed by atoms with E-state index in [0.29, 0.717) is 12.2 Å². The first kappa shape index (κ1) is 20.5. The molecule has 0 saturated carbocycles. The van der Waals surface area contributed by atoms with E-state index < -0.39 is 5.41 Å². The largest absolute Gasteiger partial charge is 0.340 e. The van der Waals surface area contributed by atoms with Gasteiger partial charge in [0.15, 0.2) is 5.65 Å². The Labute approximate surface area is 186 Å². The fraction of sp³-hybridized carbons (Fsp3) is 0.417. The maximum Gasteiger partial charge on any atom is 0.330 e. The number of pyridine rings is 2. The zero-order chi connectivity index (χ0) is 22.6. The molecule has 0 bridgehead atoms. The molecule has 0 unspecified atom stereocenters. The molecule has 1 aliphatic rings. The molecule has 0 N–H and O–H groups in total. The number of piperidine rings is 1. The van der Waals surface area contributed by atoms with Crippen molar-refractivity contribution in [2.45, 2.75) is 39.7 Å². The van der Waals surface area contributed by atoms with Gasteiger partial charge in [0.2, 0.25) is 5.91 Å². The molecule has 0 spiro atoms. The smallest absolute Gasteiger partial charge is 0.330 e. The van der Waals surface area contributed by atoms with E-state index in [1.54, 1.807) is 22.4 Å². The second kappa shape index (κ2) is 7.32. The molecular weight excluding hydrogens is 404 g/mol. The van der Waals surface area contributed by atoms with Gasteiger partial charge in [-0.3, -0.25) is 13.9 Å². The molecule has 5 rings (SSSR count). The normalized spacial score (nSPS) is 17.4. The van der Waals surface area contributed by atoms with Gasteiger partial charge in [-0.15, -0.1) is 0 Å². The van der Waals surface area contributed by atoms with Crippen LogP contribution in [0.2, 0.25) is 0 Å². The Bertz CT molecular complexity index is 1390. The molecule has 1 amide bonds. The van der Waals surface area contributed by atoms with Gasteiger partial charge in [0, 0.05) is 37.3 Å². The third-order valence-electron chi connectivity index (χ3n) is 6.33. The van der Waals surface area contributed by atoms with E-state index >= 15 is 0 Å². The quantitative estimate of drug-likeness (QED) is 0.487. The van der Waals surface area contributed by atoms with Crippen LogP contribution in [0.3, 0.4) is 0 Å². The number of carbonyl (C=O) groups excluding carboxylic acids is 1. The summed E-state index contributed by atoms with van der Waals surface area (Å²) in [6.45, 7) is 7.07. The molecule has 1 fully saturated rings. The zero-order valence-corrected chi connectivity index (χ0v) is 18.9. The summed E-state index contributed by atoms with van der Waals surface area (Å²) in [6, 6.07) is 9.69. The average Bonchev–Trinajstić information content (AvgIpc) is 3.31. The molecule has 5 heterocycles. The summed E-state index contributed by atoms with van der Waals surface area (Å²) < 4.78 is 5.25. The van der Waals surface area contributed by atoms with E-state index in [-0.39, 0.29) is 17.6 Å². The summed E-state index contributed by atoms with van der Waals surface area (Å²) >= 11 is 0. The molecule has 0 aromatic carbocycles. The van der Waals surface area contributed by atoms with Gasteiger partial charge in [-0.2, -0.15) is 5.10 Å². The second-order valence-electron chi connectivity index (χ2n) is 9.64. The lowest BCUT2D eigenvalue weighted by atomic mass is 9.93. The molecule has 1 atom stereocenters. The van der Waals surface area contributed by atoms with Crippen LogP contribution in [-0.4, -0.2) is 47.6 Å². The molecule has 32 heavy (non-hydrogen) atoms. The van der Waals surface area contributed by atoms with Crippen molar-refractivity contribution in [3.8, 4) is 11.3 Å². The van der Waals surface area contributed by atoms with Crippen molar-refractivity contribution >= 4 is 22.6 Å². The number of nitrogens with zero attached hydrogens (tertiary/aromatic N) is 6. The van der Waals surface area contributed by atoms with Crippen molar-refractivity contribution in [1.82, 2.24) is 28.6 Å². The second-order valence-corrected chi connectivity index (χ2v) is 9.64. The van der Waals surface area contributed by atoms with Crippen LogP contribution in [0.1, 0.15) is 39.7 Å². The van der Waals surface area contributed by atoms with Crippen molar-refractivity contribution in [3.05, 3.63) is 53.2 Å². The van der Waals surface area contributed by atoms with Gasteiger partial charge in [-0.1, -0.05) is 26.8 Å².